The average Bonchev–Trinajstić information content (AvgIpc) is 2.30. The van der Waals surface area contributed by atoms with E-state index in [1.165, 1.54) is 30.0 Å². The summed E-state index contributed by atoms with van der Waals surface area (Å²) < 4.78 is 13.4. The number of carbonyl (C=O) groups is 1. The van der Waals surface area contributed by atoms with Gasteiger partial charge in [0.05, 0.1) is 5.56 Å². The van der Waals surface area contributed by atoms with Crippen LogP contribution in [-0.2, 0) is 5.75 Å². The fraction of sp³-hybridized carbons (Fsp3) is 0.417. The van der Waals surface area contributed by atoms with Crippen molar-refractivity contribution in [1.29, 1.82) is 0 Å². The molecule has 1 unspecified atom stereocenters. The van der Waals surface area contributed by atoms with Crippen LogP contribution < -0.4 is 0 Å². The lowest BCUT2D eigenvalue weighted by Crippen LogP contribution is -2.04. The minimum atomic E-state index is -1.06. The average molecular weight is 258 g/mol. The van der Waals surface area contributed by atoms with E-state index in [4.69, 9.17) is 10.2 Å². The SMILES string of the molecule is CC(CO)CSCc1cc(C(=O)O)ccc1F. The predicted molar refractivity (Wildman–Crippen MR) is 65.8 cm³/mol. The molecule has 2 N–H and O–H groups in total. The molecule has 17 heavy (non-hydrogen) atoms. The Balaban J connectivity index is 2.63. The number of benzene rings is 1. The number of hydrogen-bond acceptors (Lipinski definition) is 3. The number of thioether (sulfide) groups is 1. The topological polar surface area (TPSA) is 57.5 Å². The number of hydrogen-bond donors (Lipinski definition) is 2. The molecule has 0 aliphatic heterocycles. The molecule has 1 aromatic rings. The highest BCUT2D eigenvalue weighted by Gasteiger charge is 2.09. The van der Waals surface area contributed by atoms with Gasteiger partial charge in [0.25, 0.3) is 0 Å². The summed E-state index contributed by atoms with van der Waals surface area (Å²) in [4.78, 5) is 10.7. The maximum absolute atomic E-state index is 13.4. The van der Waals surface area contributed by atoms with Crippen LogP contribution in [-0.4, -0.2) is 28.5 Å². The summed E-state index contributed by atoms with van der Waals surface area (Å²) in [6.07, 6.45) is 0. The molecule has 0 amide bonds. The lowest BCUT2D eigenvalue weighted by atomic mass is 10.1. The highest BCUT2D eigenvalue weighted by atomic mass is 32.2. The third-order valence-electron chi connectivity index (χ3n) is 2.26. The second kappa shape index (κ2) is 6.61. The van der Waals surface area contributed by atoms with E-state index < -0.39 is 5.97 Å². The molecule has 0 fully saturated rings. The first kappa shape index (κ1) is 14.0. The van der Waals surface area contributed by atoms with Crippen LogP contribution in [0.2, 0.25) is 0 Å². The number of carboxylic acid groups (broad SMARTS) is 1. The van der Waals surface area contributed by atoms with Gasteiger partial charge in [-0.05, 0) is 35.4 Å². The highest BCUT2D eigenvalue weighted by molar-refractivity contribution is 7.98. The van der Waals surface area contributed by atoms with Crippen LogP contribution in [0, 0.1) is 11.7 Å². The van der Waals surface area contributed by atoms with E-state index in [2.05, 4.69) is 0 Å². The van der Waals surface area contributed by atoms with Gasteiger partial charge in [0.15, 0.2) is 0 Å². The Bertz CT molecular complexity index is 395. The molecule has 0 aromatic heterocycles. The summed E-state index contributed by atoms with van der Waals surface area (Å²) in [6.45, 7) is 2.00. The molecule has 0 aliphatic carbocycles. The zero-order valence-corrected chi connectivity index (χ0v) is 10.3. The number of carboxylic acids is 1. The smallest absolute Gasteiger partial charge is 0.335 e. The normalized spacial score (nSPS) is 12.4. The molecule has 0 aliphatic rings. The maximum Gasteiger partial charge on any atom is 0.335 e. The number of aromatic carboxylic acids is 1. The van der Waals surface area contributed by atoms with Crippen LogP contribution in [0.25, 0.3) is 0 Å². The third kappa shape index (κ3) is 4.36. The molecule has 1 atom stereocenters. The molecule has 0 spiro atoms. The molecule has 0 saturated carbocycles. The zero-order chi connectivity index (χ0) is 12.8. The summed E-state index contributed by atoms with van der Waals surface area (Å²) in [6, 6.07) is 3.78. The number of aliphatic hydroxyl groups excluding tert-OH is 1. The first-order valence-electron chi connectivity index (χ1n) is 5.25. The summed E-state index contributed by atoms with van der Waals surface area (Å²) in [5.74, 6) is -0.158. The first-order valence-corrected chi connectivity index (χ1v) is 6.40. The molecule has 1 aromatic carbocycles. The second-order valence-corrected chi connectivity index (χ2v) is 4.94. The zero-order valence-electron chi connectivity index (χ0n) is 9.52. The Hall–Kier alpha value is -1.07. The summed E-state index contributed by atoms with van der Waals surface area (Å²) in [5.41, 5.74) is 0.484. The molecule has 5 heteroatoms. The lowest BCUT2D eigenvalue weighted by molar-refractivity contribution is 0.0696. The van der Waals surface area contributed by atoms with Gasteiger partial charge in [-0.2, -0.15) is 11.8 Å². The second-order valence-electron chi connectivity index (χ2n) is 3.91. The van der Waals surface area contributed by atoms with Crippen molar-refractivity contribution in [3.05, 3.63) is 35.1 Å². The lowest BCUT2D eigenvalue weighted by Gasteiger charge is -2.08. The molecule has 1 rings (SSSR count). The van der Waals surface area contributed by atoms with E-state index in [1.54, 1.807) is 0 Å². The van der Waals surface area contributed by atoms with E-state index in [0.717, 1.165) is 0 Å². The van der Waals surface area contributed by atoms with Crippen molar-refractivity contribution >= 4 is 17.7 Å². The van der Waals surface area contributed by atoms with E-state index in [1.807, 2.05) is 6.92 Å². The van der Waals surface area contributed by atoms with Crippen LogP contribution in [0.15, 0.2) is 18.2 Å². The minimum Gasteiger partial charge on any atom is -0.478 e. The standard InChI is InChI=1S/C12H15FO3S/c1-8(5-14)6-17-7-10-4-9(12(15)16)2-3-11(10)13/h2-4,8,14H,5-7H2,1H3,(H,15,16). The summed E-state index contributed by atoms with van der Waals surface area (Å²) in [7, 11) is 0. The molecule has 94 valence electrons. The fourth-order valence-electron chi connectivity index (χ4n) is 1.24. The van der Waals surface area contributed by atoms with Gasteiger partial charge in [-0.3, -0.25) is 0 Å². The summed E-state index contributed by atoms with van der Waals surface area (Å²) in [5, 5.41) is 17.6. The molecule has 0 heterocycles. The van der Waals surface area contributed by atoms with Crippen molar-refractivity contribution in [1.82, 2.24) is 0 Å². The van der Waals surface area contributed by atoms with Crippen LogP contribution >= 0.6 is 11.8 Å². The predicted octanol–water partition coefficient (Wildman–Crippen LogP) is 2.39. The van der Waals surface area contributed by atoms with Gasteiger partial charge in [0, 0.05) is 12.4 Å². The molecule has 0 radical (unpaired) electrons. The van der Waals surface area contributed by atoms with E-state index in [-0.39, 0.29) is 23.9 Å². The number of halogens is 1. The minimum absolute atomic E-state index is 0.0946. The van der Waals surface area contributed by atoms with Gasteiger partial charge in [-0.25, -0.2) is 9.18 Å². The monoisotopic (exact) mass is 258 g/mol. The quantitative estimate of drug-likeness (QED) is 0.822. The van der Waals surface area contributed by atoms with Gasteiger partial charge < -0.3 is 10.2 Å². The van der Waals surface area contributed by atoms with Crippen LogP contribution in [0.4, 0.5) is 4.39 Å². The van der Waals surface area contributed by atoms with Crippen molar-refractivity contribution in [2.45, 2.75) is 12.7 Å². The van der Waals surface area contributed by atoms with Gasteiger partial charge in [0.1, 0.15) is 5.82 Å². The third-order valence-corrected chi connectivity index (χ3v) is 3.58. The van der Waals surface area contributed by atoms with Crippen molar-refractivity contribution in [2.75, 3.05) is 12.4 Å². The number of rotatable bonds is 6. The Morgan fingerprint density at radius 1 is 1.53 bits per heavy atom. The Labute approximate surface area is 104 Å². The molecular formula is C12H15FO3S. The van der Waals surface area contributed by atoms with Crippen molar-refractivity contribution in [2.24, 2.45) is 5.92 Å². The highest BCUT2D eigenvalue weighted by Crippen LogP contribution is 2.19. The van der Waals surface area contributed by atoms with Gasteiger partial charge in [-0.1, -0.05) is 6.92 Å². The van der Waals surface area contributed by atoms with Crippen molar-refractivity contribution < 1.29 is 19.4 Å². The molecule has 0 bridgehead atoms. The van der Waals surface area contributed by atoms with Crippen LogP contribution in [0.3, 0.4) is 0 Å². The molecule has 0 saturated heterocycles. The summed E-state index contributed by atoms with van der Waals surface area (Å²) >= 11 is 1.48. The molecule has 3 nitrogen and oxygen atoms in total. The van der Waals surface area contributed by atoms with Crippen LogP contribution in [0.5, 0.6) is 0 Å². The van der Waals surface area contributed by atoms with E-state index in [0.29, 0.717) is 17.1 Å². The Kier molecular flexibility index (Phi) is 5.44. The molecular weight excluding hydrogens is 243 g/mol. The largest absolute Gasteiger partial charge is 0.478 e. The maximum atomic E-state index is 13.4. The Morgan fingerprint density at radius 3 is 2.82 bits per heavy atom. The number of aliphatic hydroxyl groups is 1. The Morgan fingerprint density at radius 2 is 2.24 bits per heavy atom. The van der Waals surface area contributed by atoms with E-state index >= 15 is 0 Å². The van der Waals surface area contributed by atoms with Gasteiger partial charge in [0.2, 0.25) is 0 Å². The fourth-order valence-corrected chi connectivity index (χ4v) is 2.31. The van der Waals surface area contributed by atoms with Crippen molar-refractivity contribution in [3.63, 3.8) is 0 Å². The van der Waals surface area contributed by atoms with Crippen LogP contribution in [0.1, 0.15) is 22.8 Å². The van der Waals surface area contributed by atoms with Gasteiger partial charge in [-0.15, -0.1) is 0 Å². The van der Waals surface area contributed by atoms with Gasteiger partial charge >= 0.3 is 5.97 Å². The first-order chi connectivity index (χ1) is 8.04. The van der Waals surface area contributed by atoms with E-state index in [9.17, 15) is 9.18 Å². The van der Waals surface area contributed by atoms with Crippen molar-refractivity contribution in [3.8, 4) is 0 Å².